The van der Waals surface area contributed by atoms with Gasteiger partial charge in [-0.25, -0.2) is 8.78 Å². The highest BCUT2D eigenvalue weighted by Crippen LogP contribution is 2.29. The third-order valence-electron chi connectivity index (χ3n) is 3.73. The Hall–Kier alpha value is -1.27. The largest absolute Gasteiger partial charge is 0.330 e. The number of hydrogen-bond acceptors (Lipinski definition) is 2. The number of halogens is 2. The topological polar surface area (TPSA) is 32.8 Å². The van der Waals surface area contributed by atoms with Crippen molar-refractivity contribution in [2.24, 2.45) is 0 Å². The van der Waals surface area contributed by atoms with Crippen LogP contribution in [0.5, 0.6) is 0 Å². The highest BCUT2D eigenvalue weighted by Gasteiger charge is 2.24. The molecule has 1 saturated heterocycles. The molecule has 2 heterocycles. The van der Waals surface area contributed by atoms with E-state index in [4.69, 9.17) is 12.2 Å². The fraction of sp³-hybridized carbons (Fsp3) is 0.462. The number of aromatic nitrogens is 2. The van der Waals surface area contributed by atoms with E-state index in [0.29, 0.717) is 16.3 Å². The fourth-order valence-corrected chi connectivity index (χ4v) is 3.19. The van der Waals surface area contributed by atoms with Crippen molar-refractivity contribution >= 4 is 23.3 Å². The lowest BCUT2D eigenvalue weighted by molar-refractivity contribution is 0.315. The number of nitrogens with one attached hydrogen (secondary N) is 2. The van der Waals surface area contributed by atoms with E-state index >= 15 is 0 Å². The molecule has 1 aliphatic rings. The second kappa shape index (κ2) is 4.68. The molecule has 6 heteroatoms. The molecule has 2 N–H and O–H groups in total. The average Bonchev–Trinajstić information content (AvgIpc) is 2.71. The van der Waals surface area contributed by atoms with Gasteiger partial charge in [0.15, 0.2) is 16.4 Å². The molecular weight excluding hydrogens is 268 g/mol. The summed E-state index contributed by atoms with van der Waals surface area (Å²) in [6.45, 7) is 2.94. The van der Waals surface area contributed by atoms with Crippen LogP contribution < -0.4 is 5.32 Å². The zero-order valence-electron chi connectivity index (χ0n) is 10.5. The number of imidazole rings is 1. The molecule has 0 spiro atoms. The Kier molecular flexibility index (Phi) is 3.14. The molecule has 0 aliphatic carbocycles. The lowest BCUT2D eigenvalue weighted by atomic mass is 10.0. The fourth-order valence-electron chi connectivity index (χ4n) is 2.84. The van der Waals surface area contributed by atoms with Crippen LogP contribution in [0.15, 0.2) is 12.1 Å². The van der Waals surface area contributed by atoms with Crippen LogP contribution in [0.4, 0.5) is 8.78 Å². The van der Waals surface area contributed by atoms with Gasteiger partial charge in [0.2, 0.25) is 0 Å². The number of aromatic amines is 1. The summed E-state index contributed by atoms with van der Waals surface area (Å²) in [6, 6.07) is 3.11. The van der Waals surface area contributed by atoms with E-state index in [-0.39, 0.29) is 11.6 Å². The monoisotopic (exact) mass is 283 g/mol. The number of nitrogens with zero attached hydrogens (tertiary/aromatic N) is 1. The summed E-state index contributed by atoms with van der Waals surface area (Å²) in [5.41, 5.74) is 0.805. The van der Waals surface area contributed by atoms with Crippen LogP contribution in [0.2, 0.25) is 0 Å². The van der Waals surface area contributed by atoms with Crippen LogP contribution in [0, 0.1) is 16.4 Å². The summed E-state index contributed by atoms with van der Waals surface area (Å²) in [6.07, 6.45) is 1.72. The van der Waals surface area contributed by atoms with Crippen molar-refractivity contribution in [3.8, 4) is 0 Å². The van der Waals surface area contributed by atoms with Crippen molar-refractivity contribution in [2.45, 2.75) is 31.8 Å². The van der Waals surface area contributed by atoms with Gasteiger partial charge in [0, 0.05) is 12.1 Å². The van der Waals surface area contributed by atoms with E-state index in [0.717, 1.165) is 25.5 Å². The molecule has 2 atom stereocenters. The molecule has 1 aromatic heterocycles. The summed E-state index contributed by atoms with van der Waals surface area (Å²) in [7, 11) is 0. The zero-order chi connectivity index (χ0) is 13.6. The number of H-pyrrole nitrogens is 1. The Morgan fingerprint density at radius 1 is 1.37 bits per heavy atom. The normalized spacial score (nSPS) is 23.9. The SMILES string of the molecule is CC1CC(n2c(=S)[nH]c3ccc(F)c(F)c32)CCN1. The maximum absolute atomic E-state index is 14.0. The molecule has 2 unspecified atom stereocenters. The molecule has 3 rings (SSSR count). The Bertz CT molecular complexity index is 676. The first-order valence-corrected chi connectivity index (χ1v) is 6.80. The van der Waals surface area contributed by atoms with E-state index in [9.17, 15) is 8.78 Å². The summed E-state index contributed by atoms with van der Waals surface area (Å²) in [5.74, 6) is -1.66. The molecular formula is C13H15F2N3S. The maximum atomic E-state index is 14.0. The first kappa shape index (κ1) is 12.7. The second-order valence-corrected chi connectivity index (χ2v) is 5.48. The Morgan fingerprint density at radius 3 is 2.89 bits per heavy atom. The molecule has 1 aromatic carbocycles. The van der Waals surface area contributed by atoms with Crippen LogP contribution in [0.3, 0.4) is 0 Å². The summed E-state index contributed by atoms with van der Waals surface area (Å²) < 4.78 is 29.7. The van der Waals surface area contributed by atoms with Gasteiger partial charge in [-0.1, -0.05) is 0 Å². The van der Waals surface area contributed by atoms with Gasteiger partial charge >= 0.3 is 0 Å². The lowest BCUT2D eigenvalue weighted by Gasteiger charge is -2.29. The highest BCUT2D eigenvalue weighted by atomic mass is 32.1. The second-order valence-electron chi connectivity index (χ2n) is 5.09. The molecule has 0 amide bonds. The van der Waals surface area contributed by atoms with Crippen molar-refractivity contribution in [1.29, 1.82) is 0 Å². The Labute approximate surface area is 114 Å². The lowest BCUT2D eigenvalue weighted by Crippen LogP contribution is -2.36. The van der Waals surface area contributed by atoms with Crippen molar-refractivity contribution in [2.75, 3.05) is 6.54 Å². The van der Waals surface area contributed by atoms with Crippen LogP contribution in [0.25, 0.3) is 11.0 Å². The van der Waals surface area contributed by atoms with Crippen LogP contribution in [-0.4, -0.2) is 22.1 Å². The first-order chi connectivity index (χ1) is 9.08. The smallest absolute Gasteiger partial charge is 0.184 e. The number of benzene rings is 1. The maximum Gasteiger partial charge on any atom is 0.184 e. The average molecular weight is 283 g/mol. The number of hydrogen-bond donors (Lipinski definition) is 2. The molecule has 19 heavy (non-hydrogen) atoms. The number of piperidine rings is 1. The summed E-state index contributed by atoms with van der Waals surface area (Å²) >= 11 is 5.27. The van der Waals surface area contributed by atoms with E-state index < -0.39 is 11.6 Å². The first-order valence-electron chi connectivity index (χ1n) is 6.39. The quantitative estimate of drug-likeness (QED) is 0.787. The minimum absolute atomic E-state index is 0.105. The third-order valence-corrected chi connectivity index (χ3v) is 4.03. The van der Waals surface area contributed by atoms with Crippen LogP contribution in [0.1, 0.15) is 25.8 Å². The molecule has 0 bridgehead atoms. The van der Waals surface area contributed by atoms with E-state index in [2.05, 4.69) is 17.2 Å². The summed E-state index contributed by atoms with van der Waals surface area (Å²) in [5, 5.41) is 3.34. The van der Waals surface area contributed by atoms with Gasteiger partial charge in [-0.05, 0) is 50.7 Å². The van der Waals surface area contributed by atoms with Crippen LogP contribution >= 0.6 is 12.2 Å². The number of fused-ring (bicyclic) bond motifs is 1. The minimum atomic E-state index is -0.836. The van der Waals surface area contributed by atoms with Gasteiger partial charge in [0.05, 0.1) is 5.52 Å². The van der Waals surface area contributed by atoms with E-state index in [1.54, 1.807) is 4.57 Å². The molecule has 2 aromatic rings. The van der Waals surface area contributed by atoms with Gasteiger partial charge in [0.25, 0.3) is 0 Å². The van der Waals surface area contributed by atoms with Gasteiger partial charge in [-0.15, -0.1) is 0 Å². The molecule has 102 valence electrons. The molecule has 3 nitrogen and oxygen atoms in total. The predicted octanol–water partition coefficient (Wildman–Crippen LogP) is 3.29. The molecule has 0 radical (unpaired) electrons. The van der Waals surface area contributed by atoms with Gasteiger partial charge in [-0.3, -0.25) is 0 Å². The minimum Gasteiger partial charge on any atom is -0.330 e. The van der Waals surface area contributed by atoms with Crippen molar-refractivity contribution in [1.82, 2.24) is 14.9 Å². The zero-order valence-corrected chi connectivity index (χ0v) is 11.4. The van der Waals surface area contributed by atoms with Crippen molar-refractivity contribution in [3.63, 3.8) is 0 Å². The molecule has 1 fully saturated rings. The Morgan fingerprint density at radius 2 is 2.16 bits per heavy atom. The van der Waals surface area contributed by atoms with Crippen molar-refractivity contribution < 1.29 is 8.78 Å². The van der Waals surface area contributed by atoms with Crippen molar-refractivity contribution in [3.05, 3.63) is 28.5 Å². The van der Waals surface area contributed by atoms with Gasteiger partial charge in [-0.2, -0.15) is 0 Å². The van der Waals surface area contributed by atoms with E-state index in [1.165, 1.54) is 6.07 Å². The molecule has 0 saturated carbocycles. The molecule has 1 aliphatic heterocycles. The standard InChI is InChI=1S/C13H15F2N3S/c1-7-6-8(4-5-16-7)18-12-10(17-13(18)19)3-2-9(14)11(12)15/h2-3,7-8,16H,4-6H2,1H3,(H,17,19). The van der Waals surface area contributed by atoms with Gasteiger partial charge < -0.3 is 14.9 Å². The van der Waals surface area contributed by atoms with E-state index in [1.807, 2.05) is 0 Å². The third kappa shape index (κ3) is 2.08. The predicted molar refractivity (Wildman–Crippen MR) is 72.8 cm³/mol. The summed E-state index contributed by atoms with van der Waals surface area (Å²) in [4.78, 5) is 2.96. The van der Waals surface area contributed by atoms with Crippen LogP contribution in [-0.2, 0) is 0 Å². The van der Waals surface area contributed by atoms with Gasteiger partial charge in [0.1, 0.15) is 5.52 Å². The number of rotatable bonds is 1. The highest BCUT2D eigenvalue weighted by molar-refractivity contribution is 7.71. The Balaban J connectivity index is 2.19.